The summed E-state index contributed by atoms with van der Waals surface area (Å²) in [6.07, 6.45) is 0. The molecule has 2 N–H and O–H groups in total. The SMILES string of the molecule is O=C(O)c1ccc(Br)c(S(=O)[O-])c1.O=C(O)c1ccc(Br)c(S(=O)[O-])c1.[Na+].[Na+]. The third-order valence-electron chi connectivity index (χ3n) is 2.72. The first-order valence-corrected chi connectivity index (χ1v) is 10.0. The van der Waals surface area contributed by atoms with Crippen LogP contribution in [0.4, 0.5) is 0 Å². The molecule has 0 bridgehead atoms. The van der Waals surface area contributed by atoms with Crippen molar-refractivity contribution in [2.75, 3.05) is 0 Å². The molecule has 0 saturated carbocycles. The first-order valence-electron chi connectivity index (χ1n) is 6.28. The molecular weight excluding hydrogens is 566 g/mol. The van der Waals surface area contributed by atoms with Gasteiger partial charge in [0, 0.05) is 18.7 Å². The molecule has 140 valence electrons. The number of benzene rings is 2. The van der Waals surface area contributed by atoms with Crippen molar-refractivity contribution >= 4 is 66.0 Å². The Morgan fingerprint density at radius 2 is 1.04 bits per heavy atom. The van der Waals surface area contributed by atoms with Crippen LogP contribution in [-0.2, 0) is 22.2 Å². The van der Waals surface area contributed by atoms with Crippen LogP contribution in [0.3, 0.4) is 0 Å². The van der Waals surface area contributed by atoms with E-state index in [0.717, 1.165) is 12.1 Å². The fourth-order valence-corrected chi connectivity index (χ4v) is 3.72. The summed E-state index contributed by atoms with van der Waals surface area (Å²) in [5.74, 6) is -2.31. The van der Waals surface area contributed by atoms with Crippen molar-refractivity contribution in [1.29, 1.82) is 0 Å². The first-order chi connectivity index (χ1) is 12.0. The molecule has 8 nitrogen and oxygen atoms in total. The zero-order valence-corrected chi connectivity index (χ0v) is 23.2. The Morgan fingerprint density at radius 1 is 0.750 bits per heavy atom. The molecular formula is C14H8Br2Na2O8S2. The molecule has 0 heterocycles. The van der Waals surface area contributed by atoms with Crippen LogP contribution in [-0.4, -0.2) is 39.7 Å². The van der Waals surface area contributed by atoms with E-state index in [0.29, 0.717) is 8.95 Å². The minimum atomic E-state index is -2.43. The second kappa shape index (κ2) is 14.5. The summed E-state index contributed by atoms with van der Waals surface area (Å²) >= 11 is 1.13. The number of carbonyl (C=O) groups is 2. The quantitative estimate of drug-likeness (QED) is 0.286. The van der Waals surface area contributed by atoms with Crippen molar-refractivity contribution < 1.29 is 96.4 Å². The van der Waals surface area contributed by atoms with Crippen molar-refractivity contribution in [1.82, 2.24) is 0 Å². The summed E-state index contributed by atoms with van der Waals surface area (Å²) in [6.45, 7) is 0. The number of hydrogen-bond acceptors (Lipinski definition) is 6. The fourth-order valence-electron chi connectivity index (χ4n) is 1.53. The van der Waals surface area contributed by atoms with Crippen molar-refractivity contribution in [3.8, 4) is 0 Å². The molecule has 0 spiro atoms. The van der Waals surface area contributed by atoms with E-state index >= 15 is 0 Å². The van der Waals surface area contributed by atoms with Crippen molar-refractivity contribution in [3.05, 3.63) is 56.5 Å². The normalized spacial score (nSPS) is 11.6. The Hall–Kier alpha value is 0.560. The van der Waals surface area contributed by atoms with Crippen LogP contribution < -0.4 is 59.1 Å². The van der Waals surface area contributed by atoms with Crippen LogP contribution in [0.1, 0.15) is 20.7 Å². The molecule has 28 heavy (non-hydrogen) atoms. The van der Waals surface area contributed by atoms with Gasteiger partial charge in [-0.25, -0.2) is 9.59 Å². The monoisotopic (exact) mass is 572 g/mol. The maximum Gasteiger partial charge on any atom is 1.00 e. The first kappa shape index (κ1) is 30.8. The molecule has 2 rings (SSSR count). The fraction of sp³-hybridized carbons (Fsp3) is 0. The van der Waals surface area contributed by atoms with E-state index in [1.807, 2.05) is 0 Å². The molecule has 0 aliphatic rings. The van der Waals surface area contributed by atoms with Crippen LogP contribution >= 0.6 is 31.9 Å². The molecule has 0 fully saturated rings. The summed E-state index contributed by atoms with van der Waals surface area (Å²) < 4.78 is 43.0. The van der Waals surface area contributed by atoms with Gasteiger partial charge in [0.05, 0.1) is 11.1 Å². The van der Waals surface area contributed by atoms with Gasteiger partial charge in [-0.1, -0.05) is 0 Å². The van der Waals surface area contributed by atoms with Gasteiger partial charge in [-0.3, -0.25) is 8.42 Å². The number of carboxylic acid groups (broad SMARTS) is 2. The maximum atomic E-state index is 10.6. The smallest absolute Gasteiger partial charge is 0.768 e. The van der Waals surface area contributed by atoms with Crippen molar-refractivity contribution in [2.45, 2.75) is 9.79 Å². The molecule has 2 aromatic rings. The van der Waals surface area contributed by atoms with E-state index in [1.165, 1.54) is 24.3 Å². The number of carboxylic acids is 2. The van der Waals surface area contributed by atoms with Gasteiger partial charge in [0.2, 0.25) is 0 Å². The van der Waals surface area contributed by atoms with Gasteiger partial charge in [0.1, 0.15) is 0 Å². The van der Waals surface area contributed by atoms with Crippen LogP contribution in [0.2, 0.25) is 0 Å². The summed E-state index contributed by atoms with van der Waals surface area (Å²) in [5, 5.41) is 17.1. The van der Waals surface area contributed by atoms with Crippen LogP contribution in [0.25, 0.3) is 0 Å². The average Bonchev–Trinajstić information content (AvgIpc) is 2.55. The van der Waals surface area contributed by atoms with Gasteiger partial charge in [-0.2, -0.15) is 0 Å². The summed E-state index contributed by atoms with van der Waals surface area (Å²) in [7, 11) is 0. The van der Waals surface area contributed by atoms with E-state index in [1.54, 1.807) is 0 Å². The van der Waals surface area contributed by atoms with Crippen molar-refractivity contribution in [3.63, 3.8) is 0 Å². The number of rotatable bonds is 4. The van der Waals surface area contributed by atoms with Crippen molar-refractivity contribution in [2.24, 2.45) is 0 Å². The van der Waals surface area contributed by atoms with Gasteiger partial charge in [-0.05, 0) is 90.4 Å². The molecule has 0 aromatic heterocycles. The summed E-state index contributed by atoms with van der Waals surface area (Å²) in [4.78, 5) is 20.8. The minimum Gasteiger partial charge on any atom is -0.768 e. The topological polar surface area (TPSA) is 155 Å². The zero-order chi connectivity index (χ0) is 20.0. The Bertz CT molecular complexity index is 837. The van der Waals surface area contributed by atoms with E-state index in [2.05, 4.69) is 31.9 Å². The van der Waals surface area contributed by atoms with E-state index in [4.69, 9.17) is 10.2 Å². The molecule has 0 amide bonds. The minimum absolute atomic E-state index is 0. The number of hydrogen-bond donors (Lipinski definition) is 2. The second-order valence-electron chi connectivity index (χ2n) is 4.37. The average molecular weight is 574 g/mol. The van der Waals surface area contributed by atoms with Gasteiger partial charge in [0.25, 0.3) is 0 Å². The molecule has 0 aliphatic carbocycles. The van der Waals surface area contributed by atoms with E-state index in [9.17, 15) is 27.1 Å². The Kier molecular flexibility index (Phi) is 16.0. The molecule has 0 saturated heterocycles. The Balaban J connectivity index is 0. The number of halogens is 2. The predicted octanol–water partition coefficient (Wildman–Crippen LogP) is -3.22. The van der Waals surface area contributed by atoms with Gasteiger partial charge >= 0.3 is 71.1 Å². The summed E-state index contributed by atoms with van der Waals surface area (Å²) in [5.41, 5.74) is -0.107. The van der Waals surface area contributed by atoms with Gasteiger partial charge < -0.3 is 19.3 Å². The third kappa shape index (κ3) is 9.58. The molecule has 2 aromatic carbocycles. The largest absolute Gasteiger partial charge is 1.00 e. The second-order valence-corrected chi connectivity index (χ2v) is 7.90. The van der Waals surface area contributed by atoms with Gasteiger partial charge in [-0.15, -0.1) is 0 Å². The van der Waals surface area contributed by atoms with Gasteiger partial charge in [0.15, 0.2) is 0 Å². The Labute approximate surface area is 225 Å². The van der Waals surface area contributed by atoms with Crippen LogP contribution in [0.15, 0.2) is 55.1 Å². The molecule has 14 heteroatoms. The standard InChI is InChI=1S/2C7H5BrO4S.2Na/c2*8-5-2-1-4(7(9)10)3-6(5)13(11)12;;/h2*1-3H,(H,9,10)(H,11,12);;/q;;2*+1/p-2. The number of aromatic carboxylic acids is 2. The third-order valence-corrected chi connectivity index (χ3v) is 6.02. The molecule has 2 unspecified atom stereocenters. The van der Waals surface area contributed by atoms with Crippen LogP contribution in [0, 0.1) is 0 Å². The molecule has 2 atom stereocenters. The predicted molar refractivity (Wildman–Crippen MR) is 96.6 cm³/mol. The zero-order valence-electron chi connectivity index (χ0n) is 14.4. The molecule has 0 radical (unpaired) electrons. The van der Waals surface area contributed by atoms with E-state index in [-0.39, 0.29) is 80.0 Å². The maximum absolute atomic E-state index is 10.6. The van der Waals surface area contributed by atoms with Crippen LogP contribution in [0.5, 0.6) is 0 Å². The Morgan fingerprint density at radius 3 is 1.25 bits per heavy atom. The molecule has 0 aliphatic heterocycles. The summed E-state index contributed by atoms with van der Waals surface area (Å²) in [6, 6.07) is 7.60. The van der Waals surface area contributed by atoms with E-state index < -0.39 is 34.1 Å².